The summed E-state index contributed by atoms with van der Waals surface area (Å²) < 4.78 is 11.1. The Morgan fingerprint density at radius 2 is 2.06 bits per heavy atom. The summed E-state index contributed by atoms with van der Waals surface area (Å²) in [5.74, 6) is 0.893. The molecule has 0 unspecified atom stereocenters. The summed E-state index contributed by atoms with van der Waals surface area (Å²) in [4.78, 5) is 4.21. The number of aromatic nitrogens is 1. The van der Waals surface area contributed by atoms with Crippen molar-refractivity contribution in [3.8, 4) is 0 Å². The molecule has 0 saturated heterocycles. The third-order valence-electron chi connectivity index (χ3n) is 2.21. The van der Waals surface area contributed by atoms with Crippen molar-refractivity contribution in [1.29, 1.82) is 0 Å². The Balaban J connectivity index is 2.24. The predicted octanol–water partition coefficient (Wildman–Crippen LogP) is 2.85. The van der Waals surface area contributed by atoms with Crippen molar-refractivity contribution in [3.63, 3.8) is 0 Å². The monoisotopic (exact) mass is 252 g/mol. The molecule has 0 radical (unpaired) electrons. The molecule has 18 heavy (non-hydrogen) atoms. The molecule has 0 aromatic carbocycles. The number of nitrogens with zero attached hydrogens (tertiary/aromatic N) is 1. The highest BCUT2D eigenvalue weighted by molar-refractivity contribution is 5.36. The highest BCUT2D eigenvalue weighted by atomic mass is 16.5. The van der Waals surface area contributed by atoms with Crippen LogP contribution in [0.4, 0.5) is 5.82 Å². The van der Waals surface area contributed by atoms with E-state index in [9.17, 15) is 0 Å². The number of hydrogen-bond donors (Lipinski definition) is 1. The van der Waals surface area contributed by atoms with Crippen LogP contribution in [0, 0.1) is 0 Å². The van der Waals surface area contributed by atoms with Crippen LogP contribution in [-0.4, -0.2) is 30.3 Å². The van der Waals surface area contributed by atoms with E-state index in [2.05, 4.69) is 17.2 Å². The number of nitrogens with one attached hydrogen (secondary N) is 1. The van der Waals surface area contributed by atoms with Crippen LogP contribution in [0.5, 0.6) is 0 Å². The van der Waals surface area contributed by atoms with Crippen LogP contribution in [0.15, 0.2) is 18.3 Å². The Morgan fingerprint density at radius 1 is 1.28 bits per heavy atom. The van der Waals surface area contributed by atoms with E-state index in [-0.39, 0.29) is 5.60 Å². The molecule has 1 rings (SSSR count). The lowest BCUT2D eigenvalue weighted by Crippen LogP contribution is -2.21. The van der Waals surface area contributed by atoms with Gasteiger partial charge < -0.3 is 14.8 Å². The second kappa shape index (κ2) is 7.34. The summed E-state index contributed by atoms with van der Waals surface area (Å²) in [7, 11) is 0. The zero-order chi connectivity index (χ0) is 13.4. The number of ether oxygens (including phenoxy) is 2. The highest BCUT2D eigenvalue weighted by Crippen LogP contribution is 2.09. The average molecular weight is 252 g/mol. The molecule has 1 heterocycles. The molecule has 1 aromatic rings. The topological polar surface area (TPSA) is 43.4 Å². The molecule has 0 aliphatic rings. The molecule has 1 N–H and O–H groups in total. The molecule has 1 aromatic heterocycles. The van der Waals surface area contributed by atoms with Gasteiger partial charge in [-0.15, -0.1) is 0 Å². The summed E-state index contributed by atoms with van der Waals surface area (Å²) in [5, 5.41) is 3.18. The molecule has 0 aliphatic heterocycles. The van der Waals surface area contributed by atoms with Crippen molar-refractivity contribution >= 4 is 5.82 Å². The maximum absolute atomic E-state index is 5.58. The average Bonchev–Trinajstić information content (AvgIpc) is 2.28. The fraction of sp³-hybridized carbons (Fsp3) is 0.643. The van der Waals surface area contributed by atoms with Crippen molar-refractivity contribution in [2.75, 3.05) is 25.1 Å². The van der Waals surface area contributed by atoms with Gasteiger partial charge in [0.2, 0.25) is 0 Å². The normalized spacial score (nSPS) is 11.6. The molecule has 0 fully saturated rings. The Hall–Kier alpha value is -1.13. The van der Waals surface area contributed by atoms with Gasteiger partial charge in [-0.05, 0) is 45.4 Å². The van der Waals surface area contributed by atoms with Crippen LogP contribution in [-0.2, 0) is 16.1 Å². The van der Waals surface area contributed by atoms with Crippen molar-refractivity contribution in [2.45, 2.75) is 39.9 Å². The minimum absolute atomic E-state index is 0.0990. The highest BCUT2D eigenvalue weighted by Gasteiger charge is 2.08. The smallest absolute Gasteiger partial charge is 0.126 e. The number of anilines is 1. The maximum Gasteiger partial charge on any atom is 0.126 e. The van der Waals surface area contributed by atoms with Crippen LogP contribution < -0.4 is 5.32 Å². The van der Waals surface area contributed by atoms with E-state index in [0.29, 0.717) is 19.8 Å². The molecule has 0 aliphatic carbocycles. The lowest BCUT2D eigenvalue weighted by molar-refractivity contribution is -0.0376. The molecular formula is C14H24N2O2. The van der Waals surface area contributed by atoms with E-state index < -0.39 is 0 Å². The first-order valence-electron chi connectivity index (χ1n) is 6.42. The zero-order valence-electron chi connectivity index (χ0n) is 11.8. The van der Waals surface area contributed by atoms with Gasteiger partial charge in [-0.1, -0.05) is 0 Å². The minimum atomic E-state index is -0.0990. The van der Waals surface area contributed by atoms with Gasteiger partial charge in [0.1, 0.15) is 5.82 Å². The molecular weight excluding hydrogens is 228 g/mol. The Labute approximate surface area is 110 Å². The zero-order valence-corrected chi connectivity index (χ0v) is 11.8. The molecule has 0 saturated carbocycles. The minimum Gasteiger partial charge on any atom is -0.374 e. The van der Waals surface area contributed by atoms with Gasteiger partial charge in [-0.3, -0.25) is 0 Å². The van der Waals surface area contributed by atoms with Crippen LogP contribution in [0.2, 0.25) is 0 Å². The van der Waals surface area contributed by atoms with Crippen molar-refractivity contribution < 1.29 is 9.47 Å². The standard InChI is InChI=1S/C14H24N2O2/c1-5-15-13-10-12(6-7-16-13)11-17-8-9-18-14(2,3)4/h6-7,10H,5,8-9,11H2,1-4H3,(H,15,16). The Bertz CT molecular complexity index is 348. The van der Waals surface area contributed by atoms with Gasteiger partial charge in [0.15, 0.2) is 0 Å². The van der Waals surface area contributed by atoms with Crippen molar-refractivity contribution in [1.82, 2.24) is 4.98 Å². The van der Waals surface area contributed by atoms with E-state index in [4.69, 9.17) is 9.47 Å². The van der Waals surface area contributed by atoms with E-state index >= 15 is 0 Å². The SMILES string of the molecule is CCNc1cc(COCCOC(C)(C)C)ccn1. The van der Waals surface area contributed by atoms with Crippen LogP contribution in [0.1, 0.15) is 33.3 Å². The van der Waals surface area contributed by atoms with Gasteiger partial charge >= 0.3 is 0 Å². The predicted molar refractivity (Wildman–Crippen MR) is 73.8 cm³/mol. The first-order chi connectivity index (χ1) is 8.51. The number of pyridine rings is 1. The largest absolute Gasteiger partial charge is 0.374 e. The number of rotatable bonds is 7. The summed E-state index contributed by atoms with van der Waals surface area (Å²) in [6.45, 7) is 10.9. The molecule has 0 bridgehead atoms. The fourth-order valence-corrected chi connectivity index (χ4v) is 1.44. The van der Waals surface area contributed by atoms with Gasteiger partial charge in [-0.2, -0.15) is 0 Å². The maximum atomic E-state index is 5.58. The molecule has 0 spiro atoms. The quantitative estimate of drug-likeness (QED) is 0.758. The molecule has 0 amide bonds. The van der Waals surface area contributed by atoms with E-state index in [1.54, 1.807) is 6.20 Å². The van der Waals surface area contributed by atoms with E-state index in [0.717, 1.165) is 17.9 Å². The lowest BCUT2D eigenvalue weighted by atomic mass is 10.2. The molecule has 4 nitrogen and oxygen atoms in total. The van der Waals surface area contributed by atoms with Crippen molar-refractivity contribution in [3.05, 3.63) is 23.9 Å². The van der Waals surface area contributed by atoms with Gasteiger partial charge in [0.25, 0.3) is 0 Å². The van der Waals surface area contributed by atoms with E-state index in [1.807, 2.05) is 32.9 Å². The number of hydrogen-bond acceptors (Lipinski definition) is 4. The summed E-state index contributed by atoms with van der Waals surface area (Å²) in [6.07, 6.45) is 1.79. The summed E-state index contributed by atoms with van der Waals surface area (Å²) >= 11 is 0. The third-order valence-corrected chi connectivity index (χ3v) is 2.21. The second-order valence-corrected chi connectivity index (χ2v) is 5.09. The van der Waals surface area contributed by atoms with Crippen LogP contribution in [0.3, 0.4) is 0 Å². The molecule has 102 valence electrons. The summed E-state index contributed by atoms with van der Waals surface area (Å²) in [5.41, 5.74) is 1.02. The molecule has 4 heteroatoms. The van der Waals surface area contributed by atoms with Gasteiger partial charge in [0, 0.05) is 12.7 Å². The Morgan fingerprint density at radius 3 is 2.72 bits per heavy atom. The fourth-order valence-electron chi connectivity index (χ4n) is 1.44. The first kappa shape index (κ1) is 14.9. The molecule has 0 atom stereocenters. The third kappa shape index (κ3) is 6.57. The van der Waals surface area contributed by atoms with Crippen molar-refractivity contribution in [2.24, 2.45) is 0 Å². The lowest BCUT2D eigenvalue weighted by Gasteiger charge is -2.19. The summed E-state index contributed by atoms with van der Waals surface area (Å²) in [6, 6.07) is 3.97. The second-order valence-electron chi connectivity index (χ2n) is 5.09. The van der Waals surface area contributed by atoms with Gasteiger partial charge in [0.05, 0.1) is 25.4 Å². The van der Waals surface area contributed by atoms with E-state index in [1.165, 1.54) is 0 Å². The van der Waals surface area contributed by atoms with Gasteiger partial charge in [-0.25, -0.2) is 4.98 Å². The Kier molecular flexibility index (Phi) is 6.09. The first-order valence-corrected chi connectivity index (χ1v) is 6.42. The van der Waals surface area contributed by atoms with Crippen LogP contribution >= 0.6 is 0 Å². The van der Waals surface area contributed by atoms with Crippen LogP contribution in [0.25, 0.3) is 0 Å².